The molecule has 8 atom stereocenters. The van der Waals surface area contributed by atoms with E-state index >= 15 is 0 Å². The smallest absolute Gasteiger partial charge is 0.266 e. The van der Waals surface area contributed by atoms with E-state index in [1.807, 2.05) is 0 Å². The summed E-state index contributed by atoms with van der Waals surface area (Å²) >= 11 is 0. The molecule has 8 heteroatoms. The van der Waals surface area contributed by atoms with Crippen LogP contribution in [0.2, 0.25) is 0 Å². The molecule has 1 unspecified atom stereocenters. The van der Waals surface area contributed by atoms with Crippen LogP contribution in [-0.4, -0.2) is 43.1 Å². The number of nitrogens with zero attached hydrogens (tertiary/aromatic N) is 4. The maximum absolute atomic E-state index is 13.5. The number of carbonyl (C=O) groups excluding carboxylic acids is 1. The molecule has 0 aromatic carbocycles. The number of Topliss-reactive ketones (excluding diaryl/α,β-unsaturated/α-hetero) is 1. The molecule has 1 aromatic heterocycles. The highest BCUT2D eigenvalue weighted by atomic mass is 19.3. The van der Waals surface area contributed by atoms with Gasteiger partial charge in [0.1, 0.15) is 18.5 Å². The molecule has 4 aliphatic carbocycles. The number of alkyl halides is 2. The molecule has 4 fully saturated rings. The molecule has 0 bridgehead atoms. The summed E-state index contributed by atoms with van der Waals surface area (Å²) in [6.07, 6.45) is 6.00. The number of fused-ring (bicyclic) bond motifs is 5. The molecular formula is C23H34F2N4O2. The van der Waals surface area contributed by atoms with E-state index in [2.05, 4.69) is 29.4 Å². The van der Waals surface area contributed by atoms with Gasteiger partial charge in [-0.3, -0.25) is 4.79 Å². The van der Waals surface area contributed by atoms with Crippen molar-refractivity contribution in [1.82, 2.24) is 20.2 Å². The van der Waals surface area contributed by atoms with Crippen molar-refractivity contribution in [3.8, 4) is 0 Å². The van der Waals surface area contributed by atoms with E-state index in [-0.39, 0.29) is 47.8 Å². The second kappa shape index (κ2) is 7.29. The van der Waals surface area contributed by atoms with Crippen LogP contribution in [0.25, 0.3) is 0 Å². The van der Waals surface area contributed by atoms with E-state index in [9.17, 15) is 18.7 Å². The first-order valence-electron chi connectivity index (χ1n) is 11.9. The van der Waals surface area contributed by atoms with Gasteiger partial charge in [0.25, 0.3) is 6.43 Å². The normalized spacial score (nSPS) is 47.0. The van der Waals surface area contributed by atoms with E-state index in [1.165, 1.54) is 11.0 Å². The van der Waals surface area contributed by atoms with Crippen molar-refractivity contribution < 1.29 is 18.7 Å². The van der Waals surface area contributed by atoms with E-state index in [0.29, 0.717) is 24.2 Å². The summed E-state index contributed by atoms with van der Waals surface area (Å²) < 4.78 is 28.5. The zero-order valence-corrected chi connectivity index (χ0v) is 18.5. The molecule has 1 aromatic rings. The zero-order valence-electron chi connectivity index (χ0n) is 18.5. The predicted octanol–water partition coefficient (Wildman–Crippen LogP) is 3.90. The number of hydrogen-bond donors (Lipinski definition) is 1. The predicted molar refractivity (Wildman–Crippen MR) is 109 cm³/mol. The minimum absolute atomic E-state index is 0.00777. The van der Waals surface area contributed by atoms with Gasteiger partial charge in [0.2, 0.25) is 0 Å². The van der Waals surface area contributed by atoms with Crippen LogP contribution in [0, 0.1) is 40.4 Å². The van der Waals surface area contributed by atoms with Crippen LogP contribution in [-0.2, 0) is 11.3 Å². The first-order valence-corrected chi connectivity index (χ1v) is 11.9. The number of carbonyl (C=O) groups is 1. The van der Waals surface area contributed by atoms with Gasteiger partial charge in [0, 0.05) is 5.92 Å². The molecule has 6 nitrogen and oxygen atoms in total. The third kappa shape index (κ3) is 3.18. The number of aliphatic hydroxyl groups is 1. The number of tetrazole rings is 1. The minimum atomic E-state index is -2.66. The van der Waals surface area contributed by atoms with Gasteiger partial charge in [0.05, 0.1) is 0 Å². The Morgan fingerprint density at radius 1 is 1.10 bits per heavy atom. The van der Waals surface area contributed by atoms with Gasteiger partial charge in [-0.25, -0.2) is 13.5 Å². The van der Waals surface area contributed by atoms with Gasteiger partial charge in [-0.2, -0.15) is 0 Å². The maximum Gasteiger partial charge on any atom is 0.266 e. The number of rotatable bonds is 4. The number of halogens is 2. The van der Waals surface area contributed by atoms with Crippen LogP contribution < -0.4 is 0 Å². The summed E-state index contributed by atoms with van der Waals surface area (Å²) in [5.41, 5.74) is -1.77. The fourth-order valence-corrected chi connectivity index (χ4v) is 8.52. The Morgan fingerprint density at radius 3 is 2.58 bits per heavy atom. The van der Waals surface area contributed by atoms with Gasteiger partial charge in [-0.15, -0.1) is 5.10 Å². The molecule has 1 N–H and O–H groups in total. The van der Waals surface area contributed by atoms with Crippen LogP contribution >= 0.6 is 0 Å². The number of ketones is 1. The Balaban J connectivity index is 1.34. The van der Waals surface area contributed by atoms with Crippen LogP contribution in [0.5, 0.6) is 0 Å². The quantitative estimate of drug-likeness (QED) is 0.774. The fraction of sp³-hybridized carbons (Fsp3) is 0.913. The first-order chi connectivity index (χ1) is 14.7. The van der Waals surface area contributed by atoms with Crippen molar-refractivity contribution in [3.63, 3.8) is 0 Å². The summed E-state index contributed by atoms with van der Waals surface area (Å²) in [6.45, 7) is 4.85. The second-order valence-corrected chi connectivity index (χ2v) is 11.4. The largest absolute Gasteiger partial charge is 0.384 e. The molecule has 0 amide bonds. The average molecular weight is 437 g/mol. The first kappa shape index (κ1) is 21.4. The summed E-state index contributed by atoms with van der Waals surface area (Å²) in [5, 5.41) is 21.6. The molecule has 172 valence electrons. The molecule has 0 saturated heterocycles. The Labute approximate surface area is 182 Å². The molecule has 5 rings (SSSR count). The molecule has 31 heavy (non-hydrogen) atoms. The van der Waals surface area contributed by atoms with Gasteiger partial charge in [-0.05, 0) is 103 Å². The molecule has 0 aliphatic heterocycles. The van der Waals surface area contributed by atoms with Gasteiger partial charge < -0.3 is 5.11 Å². The number of aromatic nitrogens is 4. The van der Waals surface area contributed by atoms with Crippen molar-refractivity contribution in [2.24, 2.45) is 40.4 Å². The van der Waals surface area contributed by atoms with Crippen molar-refractivity contribution in [2.45, 2.75) is 90.2 Å². The van der Waals surface area contributed by atoms with Crippen LogP contribution in [0.4, 0.5) is 8.78 Å². The highest BCUT2D eigenvalue weighted by molar-refractivity contribution is 5.82. The summed E-state index contributed by atoms with van der Waals surface area (Å²) in [6, 6.07) is 0. The Hall–Kier alpha value is -1.44. The van der Waals surface area contributed by atoms with Crippen molar-refractivity contribution in [3.05, 3.63) is 6.33 Å². The molecular weight excluding hydrogens is 402 g/mol. The van der Waals surface area contributed by atoms with Crippen molar-refractivity contribution >= 4 is 5.78 Å². The molecule has 4 aliphatic rings. The highest BCUT2D eigenvalue weighted by Gasteiger charge is 2.62. The van der Waals surface area contributed by atoms with E-state index < -0.39 is 12.0 Å². The van der Waals surface area contributed by atoms with E-state index in [0.717, 1.165) is 38.5 Å². The molecule has 0 radical (unpaired) electrons. The topological polar surface area (TPSA) is 80.9 Å². The van der Waals surface area contributed by atoms with Gasteiger partial charge >= 0.3 is 0 Å². The molecule has 0 spiro atoms. The van der Waals surface area contributed by atoms with Crippen LogP contribution in [0.15, 0.2) is 6.33 Å². The third-order valence-corrected chi connectivity index (χ3v) is 10.3. The fourth-order valence-electron chi connectivity index (χ4n) is 8.52. The zero-order chi connectivity index (χ0) is 22.0. The van der Waals surface area contributed by atoms with Crippen molar-refractivity contribution in [1.29, 1.82) is 0 Å². The highest BCUT2D eigenvalue weighted by Crippen LogP contribution is 2.68. The third-order valence-electron chi connectivity index (χ3n) is 10.3. The lowest BCUT2D eigenvalue weighted by molar-refractivity contribution is -0.187. The van der Waals surface area contributed by atoms with Crippen LogP contribution in [0.3, 0.4) is 0 Å². The lowest BCUT2D eigenvalue weighted by Crippen LogP contribution is -2.57. The Kier molecular flexibility index (Phi) is 5.03. The average Bonchev–Trinajstić information content (AvgIpc) is 3.35. The SMILES string of the molecule is CC12CC[C@](O)(C(F)F)C[C@H]1CC[C@@H]1[C@@H]2CC[C@]2(C)[C@@H](C(=O)Cn3cnnn3)CC[C@@H]12. The molecule has 4 saturated carbocycles. The lowest BCUT2D eigenvalue weighted by Gasteiger charge is -2.62. The van der Waals surface area contributed by atoms with Gasteiger partial charge in [0.15, 0.2) is 5.78 Å². The Morgan fingerprint density at radius 2 is 1.87 bits per heavy atom. The van der Waals surface area contributed by atoms with Gasteiger partial charge in [-0.1, -0.05) is 13.8 Å². The lowest BCUT2D eigenvalue weighted by atomic mass is 9.44. The summed E-state index contributed by atoms with van der Waals surface area (Å²) in [4.78, 5) is 13.1. The van der Waals surface area contributed by atoms with E-state index in [1.54, 1.807) is 0 Å². The summed E-state index contributed by atoms with van der Waals surface area (Å²) in [7, 11) is 0. The Bertz CT molecular complexity index is 836. The van der Waals surface area contributed by atoms with Crippen LogP contribution in [0.1, 0.15) is 71.6 Å². The minimum Gasteiger partial charge on any atom is -0.384 e. The monoisotopic (exact) mass is 436 g/mol. The van der Waals surface area contributed by atoms with E-state index in [4.69, 9.17) is 0 Å². The molecule has 1 heterocycles. The number of hydrogen-bond acceptors (Lipinski definition) is 5. The maximum atomic E-state index is 13.5. The van der Waals surface area contributed by atoms with Crippen molar-refractivity contribution in [2.75, 3.05) is 0 Å². The standard InChI is InChI=1S/C23H34F2N4O2/c1-21-9-10-23(31,20(24)25)11-14(21)3-4-15-16-5-6-18(22(16,2)8-7-17(15)21)19(30)12-29-13-26-27-28-29/h13-18,20,31H,3-12H2,1-2H3/t14-,15+,16+,17+,18-,21?,22+,23-/m1/s1. The summed E-state index contributed by atoms with van der Waals surface area (Å²) in [5.74, 6) is 2.04. The second-order valence-electron chi connectivity index (χ2n) is 11.4.